The Kier molecular flexibility index (Phi) is 9.28. The third kappa shape index (κ3) is 7.06. The predicted molar refractivity (Wildman–Crippen MR) is 96.6 cm³/mol. The first-order valence-corrected chi connectivity index (χ1v) is 10.1. The van der Waals surface area contributed by atoms with Gasteiger partial charge < -0.3 is 18.9 Å². The van der Waals surface area contributed by atoms with Gasteiger partial charge in [0.05, 0.1) is 9.83 Å². The van der Waals surface area contributed by atoms with Gasteiger partial charge in [-0.1, -0.05) is 6.92 Å². The third-order valence-electron chi connectivity index (χ3n) is 3.28. The quantitative estimate of drug-likeness (QED) is 0.455. The van der Waals surface area contributed by atoms with E-state index < -0.39 is 47.4 Å². The molecule has 0 amide bonds. The van der Waals surface area contributed by atoms with Gasteiger partial charge in [-0.15, -0.1) is 23.5 Å². The molecule has 0 unspecified atom stereocenters. The van der Waals surface area contributed by atoms with Crippen LogP contribution in [-0.2, 0) is 38.1 Å². The molecule has 0 aromatic heterocycles. The molecule has 1 saturated heterocycles. The van der Waals surface area contributed by atoms with E-state index in [1.54, 1.807) is 0 Å². The Hall–Kier alpha value is -1.42. The van der Waals surface area contributed by atoms with Crippen LogP contribution >= 0.6 is 23.5 Å². The Balaban J connectivity index is 3.22. The van der Waals surface area contributed by atoms with E-state index in [4.69, 9.17) is 18.9 Å². The highest BCUT2D eigenvalue weighted by atomic mass is 32.2. The van der Waals surface area contributed by atoms with Crippen molar-refractivity contribution >= 4 is 47.4 Å². The normalized spacial score (nSPS) is 28.0. The lowest BCUT2D eigenvalue weighted by Gasteiger charge is -2.43. The van der Waals surface area contributed by atoms with E-state index in [1.807, 2.05) is 6.92 Å². The second kappa shape index (κ2) is 10.7. The minimum absolute atomic E-state index is 0.0245. The van der Waals surface area contributed by atoms with E-state index in [1.165, 1.54) is 51.2 Å². The van der Waals surface area contributed by atoms with Gasteiger partial charge in [0.2, 0.25) is 0 Å². The summed E-state index contributed by atoms with van der Waals surface area (Å²) >= 11 is 2.87. The highest BCUT2D eigenvalue weighted by Crippen LogP contribution is 2.42. The fourth-order valence-corrected chi connectivity index (χ4v) is 5.59. The van der Waals surface area contributed by atoms with E-state index in [-0.39, 0.29) is 11.2 Å². The highest BCUT2D eigenvalue weighted by molar-refractivity contribution is 8.17. The molecule has 0 saturated carbocycles. The lowest BCUT2D eigenvalue weighted by atomic mass is 10.0. The first-order chi connectivity index (χ1) is 12.1. The topological polar surface area (TPSA) is 105 Å². The minimum Gasteiger partial charge on any atom is -0.465 e. The summed E-state index contributed by atoms with van der Waals surface area (Å²) in [6, 6.07) is 0. The molecule has 148 valence electrons. The summed E-state index contributed by atoms with van der Waals surface area (Å²) in [6.45, 7) is 6.90. The lowest BCUT2D eigenvalue weighted by Crippen LogP contribution is -2.58. The SMILES string of the molecule is CCS[C@H]1S[C@H](COC(C)=O)[C@@H](OC(C)=O)[C@H](OC(C)=O)[C@H]1OC(C)=O. The fraction of sp³-hybridized carbons (Fsp3) is 0.750. The van der Waals surface area contributed by atoms with E-state index in [2.05, 4.69) is 0 Å². The van der Waals surface area contributed by atoms with Crippen LogP contribution in [0.4, 0.5) is 0 Å². The van der Waals surface area contributed by atoms with Crippen molar-refractivity contribution in [3.05, 3.63) is 0 Å². The van der Waals surface area contributed by atoms with Gasteiger partial charge in [0.15, 0.2) is 18.3 Å². The first-order valence-electron chi connectivity index (χ1n) is 8.07. The summed E-state index contributed by atoms with van der Waals surface area (Å²) in [5.74, 6) is -1.46. The number of carbonyl (C=O) groups is 4. The lowest BCUT2D eigenvalue weighted by molar-refractivity contribution is -0.183. The second-order valence-electron chi connectivity index (χ2n) is 5.52. The monoisotopic (exact) mass is 408 g/mol. The van der Waals surface area contributed by atoms with Crippen molar-refractivity contribution in [3.63, 3.8) is 0 Å². The van der Waals surface area contributed by atoms with Gasteiger partial charge in [-0.3, -0.25) is 19.2 Å². The number of ether oxygens (including phenoxy) is 4. The van der Waals surface area contributed by atoms with Crippen molar-refractivity contribution in [1.82, 2.24) is 0 Å². The molecule has 0 aliphatic carbocycles. The number of rotatable bonds is 7. The average molecular weight is 408 g/mol. The van der Waals surface area contributed by atoms with E-state index in [0.29, 0.717) is 0 Å². The second-order valence-corrected chi connectivity index (χ2v) is 8.63. The number of esters is 4. The molecule has 1 heterocycles. The van der Waals surface area contributed by atoms with Gasteiger partial charge >= 0.3 is 23.9 Å². The Morgan fingerprint density at radius 3 is 1.77 bits per heavy atom. The van der Waals surface area contributed by atoms with Crippen LogP contribution in [0.25, 0.3) is 0 Å². The Labute approximate surface area is 161 Å². The Morgan fingerprint density at radius 1 is 0.808 bits per heavy atom. The summed E-state index contributed by atoms with van der Waals surface area (Å²) in [5, 5.41) is -0.469. The predicted octanol–water partition coefficient (Wildman–Crippen LogP) is 1.54. The van der Waals surface area contributed by atoms with Crippen LogP contribution in [0.5, 0.6) is 0 Å². The maximum absolute atomic E-state index is 11.6. The van der Waals surface area contributed by atoms with Crippen LogP contribution in [0.3, 0.4) is 0 Å². The van der Waals surface area contributed by atoms with E-state index >= 15 is 0 Å². The molecule has 0 aromatic rings. The summed E-state index contributed by atoms with van der Waals surface area (Å²) in [4.78, 5) is 45.9. The van der Waals surface area contributed by atoms with Crippen molar-refractivity contribution in [2.75, 3.05) is 12.4 Å². The number of hydrogen-bond acceptors (Lipinski definition) is 10. The van der Waals surface area contributed by atoms with Gasteiger partial charge in [0.1, 0.15) is 6.61 Å². The van der Waals surface area contributed by atoms with Crippen LogP contribution in [-0.4, -0.2) is 64.4 Å². The van der Waals surface area contributed by atoms with Gasteiger partial charge in [-0.2, -0.15) is 0 Å². The zero-order valence-corrected chi connectivity index (χ0v) is 17.0. The molecule has 26 heavy (non-hydrogen) atoms. The zero-order valence-electron chi connectivity index (χ0n) is 15.4. The smallest absolute Gasteiger partial charge is 0.303 e. The molecule has 0 N–H and O–H groups in total. The van der Waals surface area contributed by atoms with Gasteiger partial charge in [0.25, 0.3) is 0 Å². The van der Waals surface area contributed by atoms with Crippen LogP contribution in [0.15, 0.2) is 0 Å². The molecular formula is C16H24O8S2. The van der Waals surface area contributed by atoms with Crippen LogP contribution < -0.4 is 0 Å². The molecular weight excluding hydrogens is 384 g/mol. The summed E-state index contributed by atoms with van der Waals surface area (Å²) in [7, 11) is 0. The van der Waals surface area contributed by atoms with Gasteiger partial charge in [-0.05, 0) is 5.75 Å². The maximum Gasteiger partial charge on any atom is 0.303 e. The van der Waals surface area contributed by atoms with Crippen molar-refractivity contribution in [1.29, 1.82) is 0 Å². The van der Waals surface area contributed by atoms with E-state index in [9.17, 15) is 19.2 Å². The largest absolute Gasteiger partial charge is 0.465 e. The number of thioether (sulfide) groups is 2. The van der Waals surface area contributed by atoms with Crippen molar-refractivity contribution in [3.8, 4) is 0 Å². The average Bonchev–Trinajstić information content (AvgIpc) is 2.50. The fourth-order valence-electron chi connectivity index (χ4n) is 2.49. The molecule has 0 radical (unpaired) electrons. The summed E-state index contributed by atoms with van der Waals surface area (Å²) in [6.07, 6.45) is -2.71. The van der Waals surface area contributed by atoms with Crippen LogP contribution in [0.2, 0.25) is 0 Å². The van der Waals surface area contributed by atoms with Crippen molar-refractivity contribution in [2.24, 2.45) is 0 Å². The molecule has 1 aliphatic rings. The van der Waals surface area contributed by atoms with E-state index in [0.717, 1.165) is 5.75 Å². The van der Waals surface area contributed by atoms with Gasteiger partial charge in [-0.25, -0.2) is 0 Å². The highest BCUT2D eigenvalue weighted by Gasteiger charge is 2.51. The van der Waals surface area contributed by atoms with Crippen molar-refractivity contribution < 1.29 is 38.1 Å². The number of carbonyl (C=O) groups excluding carboxylic acids is 4. The molecule has 8 nitrogen and oxygen atoms in total. The molecule has 0 bridgehead atoms. The molecule has 10 heteroatoms. The standard InChI is InChI=1S/C16H24O8S2/c1-6-25-16-15(24-11(5)20)14(23-10(4)19)13(22-9(3)18)12(26-16)7-21-8(2)17/h12-16H,6-7H2,1-5H3/t12-,13-,14+,15-,16+/m1/s1. The van der Waals surface area contributed by atoms with Crippen LogP contribution in [0.1, 0.15) is 34.6 Å². The van der Waals surface area contributed by atoms with Crippen molar-refractivity contribution in [2.45, 2.75) is 62.8 Å². The van der Waals surface area contributed by atoms with Crippen LogP contribution in [0, 0.1) is 0 Å². The zero-order chi connectivity index (χ0) is 19.9. The summed E-state index contributed by atoms with van der Waals surface area (Å²) < 4.78 is 20.9. The molecule has 5 atom stereocenters. The third-order valence-corrected chi connectivity index (χ3v) is 6.24. The molecule has 0 aromatic carbocycles. The first kappa shape index (κ1) is 22.6. The summed E-state index contributed by atoms with van der Waals surface area (Å²) in [5.41, 5.74) is 0. The van der Waals surface area contributed by atoms with Gasteiger partial charge in [0, 0.05) is 27.7 Å². The molecule has 1 fully saturated rings. The minimum atomic E-state index is -0.994. The Bertz CT molecular complexity index is 538. The Morgan fingerprint density at radius 2 is 1.31 bits per heavy atom. The number of hydrogen-bond donors (Lipinski definition) is 0. The maximum atomic E-state index is 11.6. The molecule has 1 aliphatic heterocycles. The molecule has 0 spiro atoms. The molecule has 1 rings (SSSR count).